The van der Waals surface area contributed by atoms with Gasteiger partial charge in [0.15, 0.2) is 5.58 Å². The van der Waals surface area contributed by atoms with Crippen LogP contribution in [0.3, 0.4) is 0 Å². The van der Waals surface area contributed by atoms with E-state index in [-0.39, 0.29) is 0 Å². The van der Waals surface area contributed by atoms with E-state index in [1.165, 1.54) is 4.88 Å². The predicted octanol–water partition coefficient (Wildman–Crippen LogP) is 4.34. The number of aryl methyl sites for hydroxylation is 1. The summed E-state index contributed by atoms with van der Waals surface area (Å²) in [6.45, 7) is 1.94. The molecule has 0 aliphatic heterocycles. The summed E-state index contributed by atoms with van der Waals surface area (Å²) in [5.74, 6) is 0.866. The fourth-order valence-corrected chi connectivity index (χ4v) is 2.89. The van der Waals surface area contributed by atoms with Crippen LogP contribution in [0.2, 0.25) is 0 Å². The van der Waals surface area contributed by atoms with Crippen LogP contribution in [-0.2, 0) is 0 Å². The van der Waals surface area contributed by atoms with E-state index in [0.29, 0.717) is 11.1 Å². The molecule has 0 bridgehead atoms. The zero-order valence-corrected chi connectivity index (χ0v) is 10.0. The molecule has 82 valence electrons. The molecule has 0 saturated carbocycles. The lowest BCUT2D eigenvalue weighted by atomic mass is 10.1. The highest BCUT2D eigenvalue weighted by Crippen LogP contribution is 2.37. The first kappa shape index (κ1) is 10.1. The Morgan fingerprint density at radius 1 is 1.24 bits per heavy atom. The molecular formula is C14H9NOS. The molecule has 2 heterocycles. The summed E-state index contributed by atoms with van der Waals surface area (Å²) in [6.07, 6.45) is 0. The van der Waals surface area contributed by atoms with E-state index < -0.39 is 0 Å². The number of benzene rings is 1. The molecular weight excluding hydrogens is 230 g/mol. The van der Waals surface area contributed by atoms with Crippen molar-refractivity contribution in [3.05, 3.63) is 47.0 Å². The number of fused-ring (bicyclic) bond motifs is 1. The van der Waals surface area contributed by atoms with Crippen LogP contribution in [0.1, 0.15) is 11.3 Å². The highest BCUT2D eigenvalue weighted by Gasteiger charge is 2.15. The predicted molar refractivity (Wildman–Crippen MR) is 69.0 cm³/mol. The molecule has 0 radical (unpaired) electrons. The molecule has 2 nitrogen and oxygen atoms in total. The van der Waals surface area contributed by atoms with Gasteiger partial charge < -0.3 is 4.42 Å². The number of furan rings is 1. The standard InChI is InChI=1S/C14H9NOS/c1-9-13(12-6-3-7-17-12)11-5-2-4-10(8-15)14(11)16-9/h2-7H,1H3. The maximum atomic E-state index is 9.06. The molecule has 3 heteroatoms. The van der Waals surface area contributed by atoms with Crippen LogP contribution in [0.4, 0.5) is 0 Å². The first-order valence-electron chi connectivity index (χ1n) is 5.27. The molecule has 0 unspecified atom stereocenters. The third-order valence-corrected chi connectivity index (χ3v) is 3.67. The van der Waals surface area contributed by atoms with Crippen molar-refractivity contribution in [2.75, 3.05) is 0 Å². The summed E-state index contributed by atoms with van der Waals surface area (Å²) < 4.78 is 5.73. The van der Waals surface area contributed by atoms with Gasteiger partial charge in [-0.3, -0.25) is 0 Å². The van der Waals surface area contributed by atoms with E-state index in [4.69, 9.17) is 9.68 Å². The number of hydrogen-bond acceptors (Lipinski definition) is 3. The fraction of sp³-hybridized carbons (Fsp3) is 0.0714. The van der Waals surface area contributed by atoms with Gasteiger partial charge >= 0.3 is 0 Å². The summed E-state index contributed by atoms with van der Waals surface area (Å²) in [7, 11) is 0. The van der Waals surface area contributed by atoms with Gasteiger partial charge in [0, 0.05) is 15.8 Å². The SMILES string of the molecule is Cc1oc2c(C#N)cccc2c1-c1cccs1. The van der Waals surface area contributed by atoms with Crippen molar-refractivity contribution in [1.29, 1.82) is 5.26 Å². The van der Waals surface area contributed by atoms with Crippen LogP contribution in [0.5, 0.6) is 0 Å². The quantitative estimate of drug-likeness (QED) is 0.633. The second-order valence-electron chi connectivity index (χ2n) is 3.80. The third kappa shape index (κ3) is 1.46. The van der Waals surface area contributed by atoms with Crippen molar-refractivity contribution in [2.24, 2.45) is 0 Å². The summed E-state index contributed by atoms with van der Waals surface area (Å²) >= 11 is 1.68. The molecule has 0 atom stereocenters. The number of rotatable bonds is 1. The van der Waals surface area contributed by atoms with Crippen LogP contribution in [0.25, 0.3) is 21.4 Å². The first-order valence-corrected chi connectivity index (χ1v) is 6.15. The highest BCUT2D eigenvalue weighted by atomic mass is 32.1. The van der Waals surface area contributed by atoms with Crippen molar-refractivity contribution in [3.8, 4) is 16.5 Å². The van der Waals surface area contributed by atoms with Crippen LogP contribution in [0.15, 0.2) is 40.1 Å². The number of para-hydroxylation sites is 1. The van der Waals surface area contributed by atoms with Gasteiger partial charge in [-0.25, -0.2) is 0 Å². The normalized spacial score (nSPS) is 10.6. The average Bonchev–Trinajstić information content (AvgIpc) is 2.93. The number of hydrogen-bond donors (Lipinski definition) is 0. The Balaban J connectivity index is 2.41. The Labute approximate surface area is 103 Å². The molecule has 0 aliphatic rings. The summed E-state index contributed by atoms with van der Waals surface area (Å²) in [6, 6.07) is 11.9. The summed E-state index contributed by atoms with van der Waals surface area (Å²) in [5.41, 5.74) is 2.39. The molecule has 0 N–H and O–H groups in total. The Bertz CT molecular complexity index is 717. The van der Waals surface area contributed by atoms with E-state index in [2.05, 4.69) is 12.1 Å². The maximum Gasteiger partial charge on any atom is 0.152 e. The summed E-state index contributed by atoms with van der Waals surface area (Å²) in [5, 5.41) is 12.1. The lowest BCUT2D eigenvalue weighted by molar-refractivity contribution is 0.579. The van der Waals surface area contributed by atoms with E-state index in [1.54, 1.807) is 17.4 Å². The van der Waals surface area contributed by atoms with Gasteiger partial charge in [-0.15, -0.1) is 11.3 Å². The number of nitrogens with zero attached hydrogens (tertiary/aromatic N) is 1. The van der Waals surface area contributed by atoms with E-state index >= 15 is 0 Å². The van der Waals surface area contributed by atoms with E-state index in [0.717, 1.165) is 16.7 Å². The monoisotopic (exact) mass is 239 g/mol. The Morgan fingerprint density at radius 3 is 2.82 bits per heavy atom. The van der Waals surface area contributed by atoms with Crippen molar-refractivity contribution in [2.45, 2.75) is 6.92 Å². The lowest BCUT2D eigenvalue weighted by Gasteiger charge is -1.95. The van der Waals surface area contributed by atoms with Gasteiger partial charge in [-0.2, -0.15) is 5.26 Å². The topological polar surface area (TPSA) is 36.9 Å². The second kappa shape index (κ2) is 3.76. The van der Waals surface area contributed by atoms with E-state index in [1.807, 2.05) is 30.5 Å². The van der Waals surface area contributed by atoms with Crippen molar-refractivity contribution >= 4 is 22.3 Å². The minimum atomic E-state index is 0.591. The minimum absolute atomic E-state index is 0.591. The molecule has 0 saturated heterocycles. The van der Waals surface area contributed by atoms with Gasteiger partial charge in [0.25, 0.3) is 0 Å². The lowest BCUT2D eigenvalue weighted by Crippen LogP contribution is -1.75. The van der Waals surface area contributed by atoms with Crippen molar-refractivity contribution in [1.82, 2.24) is 0 Å². The first-order chi connectivity index (χ1) is 8.31. The molecule has 2 aromatic heterocycles. The third-order valence-electron chi connectivity index (χ3n) is 2.78. The average molecular weight is 239 g/mol. The molecule has 1 aromatic carbocycles. The second-order valence-corrected chi connectivity index (χ2v) is 4.75. The zero-order chi connectivity index (χ0) is 11.8. The van der Waals surface area contributed by atoms with Gasteiger partial charge in [0.1, 0.15) is 11.8 Å². The van der Waals surface area contributed by atoms with Crippen LogP contribution < -0.4 is 0 Å². The summed E-state index contributed by atoms with van der Waals surface area (Å²) in [4.78, 5) is 1.18. The van der Waals surface area contributed by atoms with Gasteiger partial charge in [-0.05, 0) is 24.4 Å². The van der Waals surface area contributed by atoms with E-state index in [9.17, 15) is 0 Å². The molecule has 0 fully saturated rings. The van der Waals surface area contributed by atoms with Crippen LogP contribution >= 0.6 is 11.3 Å². The van der Waals surface area contributed by atoms with Crippen molar-refractivity contribution in [3.63, 3.8) is 0 Å². The largest absolute Gasteiger partial charge is 0.459 e. The zero-order valence-electron chi connectivity index (χ0n) is 9.23. The number of thiophene rings is 1. The van der Waals surface area contributed by atoms with Crippen LogP contribution in [0, 0.1) is 18.3 Å². The fourth-order valence-electron chi connectivity index (χ4n) is 2.05. The highest BCUT2D eigenvalue weighted by molar-refractivity contribution is 7.13. The van der Waals surface area contributed by atoms with Crippen LogP contribution in [-0.4, -0.2) is 0 Å². The minimum Gasteiger partial charge on any atom is -0.459 e. The Morgan fingerprint density at radius 2 is 2.12 bits per heavy atom. The molecule has 0 amide bonds. The molecule has 3 rings (SSSR count). The van der Waals surface area contributed by atoms with Gasteiger partial charge in [0.05, 0.1) is 5.56 Å². The maximum absolute atomic E-state index is 9.06. The molecule has 17 heavy (non-hydrogen) atoms. The van der Waals surface area contributed by atoms with Crippen molar-refractivity contribution < 1.29 is 4.42 Å². The van der Waals surface area contributed by atoms with Gasteiger partial charge in [0.2, 0.25) is 0 Å². The van der Waals surface area contributed by atoms with Gasteiger partial charge in [-0.1, -0.05) is 18.2 Å². The smallest absolute Gasteiger partial charge is 0.152 e. The Hall–Kier alpha value is -2.05. The Kier molecular flexibility index (Phi) is 2.24. The molecule has 0 aliphatic carbocycles. The number of nitriles is 1. The molecule has 0 spiro atoms. The molecule has 3 aromatic rings.